The van der Waals surface area contributed by atoms with Crippen LogP contribution in [0.1, 0.15) is 140 Å². The summed E-state index contributed by atoms with van der Waals surface area (Å²) in [5, 5.41) is 2.36. The van der Waals surface area contributed by atoms with Gasteiger partial charge in [-0.3, -0.25) is 9.97 Å². The lowest BCUT2D eigenvalue weighted by atomic mass is 10.00. The Kier molecular flexibility index (Phi) is 11.7. The van der Waals surface area contributed by atoms with Crippen molar-refractivity contribution >= 4 is 33.7 Å². The van der Waals surface area contributed by atoms with Gasteiger partial charge in [0.25, 0.3) is 0 Å². The predicted molar refractivity (Wildman–Crippen MR) is 225 cm³/mol. The number of carbonyl (C=O) groups is 2. The number of hydrogen-bond donors (Lipinski definition) is 1. The average Bonchev–Trinajstić information content (AvgIpc) is 4.09. The highest BCUT2D eigenvalue weighted by molar-refractivity contribution is 5.93. The molecule has 0 amide bonds. The van der Waals surface area contributed by atoms with Gasteiger partial charge in [-0.15, -0.1) is 0 Å². The maximum absolute atomic E-state index is 13.0. The van der Waals surface area contributed by atoms with E-state index in [9.17, 15) is 9.59 Å². The molecule has 2 aromatic carbocycles. The molecule has 0 atom stereocenters. The number of hydrogen-bond acceptors (Lipinski definition) is 7. The third-order valence-corrected chi connectivity index (χ3v) is 10.4. The summed E-state index contributed by atoms with van der Waals surface area (Å²) < 4.78 is 18.8. The third kappa shape index (κ3) is 10.2. The number of aryl methyl sites for hydroxylation is 1. The average molecular weight is 769 g/mol. The number of aromatic nitrogens is 4. The van der Waals surface area contributed by atoms with Gasteiger partial charge in [-0.2, -0.15) is 0 Å². The number of aromatic amines is 1. The first kappa shape index (κ1) is 39.9. The van der Waals surface area contributed by atoms with E-state index in [1.54, 1.807) is 7.11 Å². The molecule has 0 radical (unpaired) electrons. The van der Waals surface area contributed by atoms with Crippen LogP contribution in [0.2, 0.25) is 0 Å². The van der Waals surface area contributed by atoms with Gasteiger partial charge >= 0.3 is 11.9 Å². The first-order chi connectivity index (χ1) is 27.3. The van der Waals surface area contributed by atoms with E-state index in [1.165, 1.54) is 42.1 Å². The quantitative estimate of drug-likeness (QED) is 0.0975. The Labute approximate surface area is 336 Å². The Morgan fingerprint density at radius 2 is 1.28 bits per heavy atom. The molecule has 2 fully saturated rings. The molecule has 4 heterocycles. The molecule has 2 aliphatic rings. The third-order valence-electron chi connectivity index (χ3n) is 10.4. The lowest BCUT2D eigenvalue weighted by Gasteiger charge is -2.21. The second-order valence-corrected chi connectivity index (χ2v) is 17.5. The number of nitrogens with zero attached hydrogens (tertiary/aromatic N) is 3. The first-order valence-electron chi connectivity index (χ1n) is 20.3. The Balaban J connectivity index is 0.000000177. The van der Waals surface area contributed by atoms with E-state index >= 15 is 0 Å². The maximum atomic E-state index is 13.0. The van der Waals surface area contributed by atoms with Gasteiger partial charge in [-0.05, 0) is 144 Å². The van der Waals surface area contributed by atoms with Gasteiger partial charge in [0.2, 0.25) is 0 Å². The normalized spacial score (nSPS) is 14.4. The summed E-state index contributed by atoms with van der Waals surface area (Å²) in [7, 11) is 1.73. The molecule has 9 nitrogen and oxygen atoms in total. The fourth-order valence-electron chi connectivity index (χ4n) is 7.28. The molecule has 4 aromatic heterocycles. The molecule has 0 unspecified atom stereocenters. The summed E-state index contributed by atoms with van der Waals surface area (Å²) in [5.41, 5.74) is 8.58. The minimum atomic E-state index is -0.538. The molecular formula is C48H56N4O5. The number of carbonyl (C=O) groups excluding carboxylic acids is 2. The van der Waals surface area contributed by atoms with Crippen LogP contribution in [0.5, 0.6) is 0 Å². The molecular weight excluding hydrogens is 713 g/mol. The van der Waals surface area contributed by atoms with Crippen molar-refractivity contribution in [2.24, 2.45) is 0 Å². The highest BCUT2D eigenvalue weighted by Gasteiger charge is 2.29. The van der Waals surface area contributed by atoms with Crippen molar-refractivity contribution in [3.8, 4) is 0 Å². The SMILES string of the molecule is CC(C)(C)OC(=O)c1cc(C2CC2)cnc1Cc1cccc2[nH]ccc12.COCCCn1ccc2c(Cc3ncc(C4CC4)cc3C(=O)OC(C)(C)C)cccc21. The van der Waals surface area contributed by atoms with Crippen molar-refractivity contribution in [1.82, 2.24) is 19.5 Å². The molecule has 0 bridgehead atoms. The van der Waals surface area contributed by atoms with Crippen molar-refractivity contribution in [2.45, 2.75) is 116 Å². The van der Waals surface area contributed by atoms with E-state index < -0.39 is 11.2 Å². The van der Waals surface area contributed by atoms with Crippen LogP contribution in [-0.2, 0) is 33.6 Å². The van der Waals surface area contributed by atoms with Crippen LogP contribution in [-0.4, -0.2) is 56.4 Å². The molecule has 9 heteroatoms. The molecule has 0 saturated heterocycles. The smallest absolute Gasteiger partial charge is 0.340 e. The molecule has 8 rings (SSSR count). The van der Waals surface area contributed by atoms with Crippen LogP contribution < -0.4 is 0 Å². The minimum Gasteiger partial charge on any atom is -0.456 e. The molecule has 2 saturated carbocycles. The van der Waals surface area contributed by atoms with E-state index in [2.05, 4.69) is 63.2 Å². The van der Waals surface area contributed by atoms with E-state index in [0.29, 0.717) is 35.8 Å². The van der Waals surface area contributed by atoms with Crippen LogP contribution in [0.4, 0.5) is 0 Å². The number of fused-ring (bicyclic) bond motifs is 2. The Hall–Kier alpha value is -5.28. The summed E-state index contributed by atoms with van der Waals surface area (Å²) in [6.07, 6.45) is 14.8. The fourth-order valence-corrected chi connectivity index (χ4v) is 7.28. The zero-order chi connectivity index (χ0) is 40.3. The standard InChI is InChI=1S/C26H32N2O3.C22H24N2O2/c1-26(2,3)31-25(29)22-15-20(18-9-10-18)17-27-23(22)16-19-7-5-8-24-21(19)11-13-28(24)12-6-14-30-4;1-22(2,3)26-21(25)18-11-16(14-7-8-14)13-24-20(18)12-15-5-4-6-19-17(15)9-10-23-19/h5,7-8,11,13,15,17-18H,6,9-10,12,14,16H2,1-4H3;4-6,9-11,13-14,23H,7-8,12H2,1-3H3. The summed E-state index contributed by atoms with van der Waals surface area (Å²) in [5.74, 6) is 0.503. The molecule has 57 heavy (non-hydrogen) atoms. The molecule has 298 valence electrons. The number of nitrogens with one attached hydrogen (secondary N) is 1. The number of esters is 2. The topological polar surface area (TPSA) is 108 Å². The van der Waals surface area contributed by atoms with E-state index in [0.717, 1.165) is 58.6 Å². The minimum absolute atomic E-state index is 0.288. The highest BCUT2D eigenvalue weighted by atomic mass is 16.6. The number of ether oxygens (including phenoxy) is 3. The fraction of sp³-hybridized carbons (Fsp3) is 0.417. The number of H-pyrrole nitrogens is 1. The van der Waals surface area contributed by atoms with Gasteiger partial charge in [-0.25, -0.2) is 9.59 Å². The summed E-state index contributed by atoms with van der Waals surface area (Å²) in [6.45, 7) is 13.0. The van der Waals surface area contributed by atoms with Gasteiger partial charge in [0.15, 0.2) is 0 Å². The summed E-state index contributed by atoms with van der Waals surface area (Å²) in [6, 6.07) is 20.7. The van der Waals surface area contributed by atoms with Crippen molar-refractivity contribution in [3.63, 3.8) is 0 Å². The van der Waals surface area contributed by atoms with Crippen molar-refractivity contribution < 1.29 is 23.8 Å². The second-order valence-electron chi connectivity index (χ2n) is 17.5. The molecule has 0 aliphatic heterocycles. The predicted octanol–water partition coefficient (Wildman–Crippen LogP) is 10.5. The van der Waals surface area contributed by atoms with Crippen LogP contribution >= 0.6 is 0 Å². The molecule has 2 aliphatic carbocycles. The lowest BCUT2D eigenvalue weighted by Crippen LogP contribution is -2.25. The van der Waals surface area contributed by atoms with E-state index in [4.69, 9.17) is 19.2 Å². The number of rotatable bonds is 12. The number of pyridine rings is 2. The summed E-state index contributed by atoms with van der Waals surface area (Å²) in [4.78, 5) is 38.5. The zero-order valence-electron chi connectivity index (χ0n) is 34.5. The first-order valence-corrected chi connectivity index (χ1v) is 20.3. The molecule has 6 aromatic rings. The summed E-state index contributed by atoms with van der Waals surface area (Å²) >= 11 is 0. The van der Waals surface area contributed by atoms with Gasteiger partial charge in [0.05, 0.1) is 22.5 Å². The Bertz CT molecular complexity index is 2370. The van der Waals surface area contributed by atoms with Crippen LogP contribution in [0, 0.1) is 0 Å². The number of benzene rings is 2. The maximum Gasteiger partial charge on any atom is 0.340 e. The highest BCUT2D eigenvalue weighted by Crippen LogP contribution is 2.41. The van der Waals surface area contributed by atoms with E-state index in [-0.39, 0.29) is 11.9 Å². The van der Waals surface area contributed by atoms with Crippen molar-refractivity contribution in [1.29, 1.82) is 0 Å². The van der Waals surface area contributed by atoms with Gasteiger partial charge in [0, 0.05) is 79.7 Å². The second kappa shape index (κ2) is 16.7. The van der Waals surface area contributed by atoms with Gasteiger partial charge < -0.3 is 23.8 Å². The van der Waals surface area contributed by atoms with Crippen LogP contribution in [0.3, 0.4) is 0 Å². The zero-order valence-corrected chi connectivity index (χ0v) is 34.5. The van der Waals surface area contributed by atoms with Crippen molar-refractivity contribution in [2.75, 3.05) is 13.7 Å². The Morgan fingerprint density at radius 3 is 1.81 bits per heavy atom. The number of methoxy groups -OCH3 is 1. The largest absolute Gasteiger partial charge is 0.456 e. The van der Waals surface area contributed by atoms with E-state index in [1.807, 2.05) is 78.3 Å². The Morgan fingerprint density at radius 1 is 0.737 bits per heavy atom. The van der Waals surface area contributed by atoms with Gasteiger partial charge in [0.1, 0.15) is 11.2 Å². The molecule has 1 N–H and O–H groups in total. The van der Waals surface area contributed by atoms with Gasteiger partial charge in [-0.1, -0.05) is 24.3 Å². The lowest BCUT2D eigenvalue weighted by molar-refractivity contribution is 0.00551. The molecule has 0 spiro atoms. The van der Waals surface area contributed by atoms with Crippen LogP contribution in [0.25, 0.3) is 21.8 Å². The monoisotopic (exact) mass is 768 g/mol. The van der Waals surface area contributed by atoms with Crippen molar-refractivity contribution in [3.05, 3.63) is 130 Å². The van der Waals surface area contributed by atoms with Crippen LogP contribution in [0.15, 0.2) is 85.5 Å².